The van der Waals surface area contributed by atoms with Gasteiger partial charge in [0.25, 0.3) is 0 Å². The Balaban J connectivity index is 1.57. The molecule has 0 atom stereocenters. The van der Waals surface area contributed by atoms with Crippen molar-refractivity contribution in [1.82, 2.24) is 14.8 Å². The lowest BCUT2D eigenvalue weighted by Crippen LogP contribution is -2.10. The molecule has 1 amide bonds. The Labute approximate surface area is 186 Å². The highest BCUT2D eigenvalue weighted by molar-refractivity contribution is 5.81. The summed E-state index contributed by atoms with van der Waals surface area (Å²) in [5.74, 6) is -0.626. The molecule has 33 heavy (non-hydrogen) atoms. The summed E-state index contributed by atoms with van der Waals surface area (Å²) in [4.78, 5) is 25.7. The molecule has 0 bridgehead atoms. The second-order valence-corrected chi connectivity index (χ2v) is 7.41. The van der Waals surface area contributed by atoms with Crippen molar-refractivity contribution < 1.29 is 28.7 Å². The first-order valence-electron chi connectivity index (χ1n) is 9.99. The van der Waals surface area contributed by atoms with Gasteiger partial charge in [-0.15, -0.1) is 0 Å². The zero-order valence-corrected chi connectivity index (χ0v) is 17.5. The number of carboxylic acid groups (broad SMARTS) is 1. The first-order chi connectivity index (χ1) is 15.9. The lowest BCUT2D eigenvalue weighted by atomic mass is 10.1. The Morgan fingerprint density at radius 3 is 2.79 bits per heavy atom. The van der Waals surface area contributed by atoms with Crippen LogP contribution in [-0.2, 0) is 18.0 Å². The Morgan fingerprint density at radius 1 is 1.33 bits per heavy atom. The number of aromatic nitrogens is 3. The summed E-state index contributed by atoms with van der Waals surface area (Å²) in [7, 11) is 1.35. The topological polar surface area (TPSA) is 142 Å². The average Bonchev–Trinajstić information content (AvgIpc) is 3.51. The highest BCUT2D eigenvalue weighted by Crippen LogP contribution is 2.40. The molecule has 1 saturated carbocycles. The van der Waals surface area contributed by atoms with Gasteiger partial charge in [0.2, 0.25) is 5.75 Å². The largest absolute Gasteiger partial charge is 0.490 e. The molecule has 0 unspecified atom stereocenters. The van der Waals surface area contributed by atoms with Crippen LogP contribution in [0.3, 0.4) is 0 Å². The van der Waals surface area contributed by atoms with Crippen LogP contribution in [0, 0.1) is 15.9 Å². The lowest BCUT2D eigenvalue weighted by molar-refractivity contribution is -0.385. The van der Waals surface area contributed by atoms with Crippen LogP contribution in [-0.4, -0.2) is 38.0 Å². The fourth-order valence-corrected chi connectivity index (χ4v) is 3.35. The number of nitro groups is 1. The fourth-order valence-electron chi connectivity index (χ4n) is 3.35. The van der Waals surface area contributed by atoms with Gasteiger partial charge in [-0.25, -0.2) is 14.2 Å². The van der Waals surface area contributed by atoms with Crippen LogP contribution < -0.4 is 10.1 Å². The monoisotopic (exact) mass is 457 g/mol. The number of benzene rings is 1. The van der Waals surface area contributed by atoms with E-state index in [1.54, 1.807) is 12.1 Å². The van der Waals surface area contributed by atoms with Crippen molar-refractivity contribution in [2.75, 3.05) is 12.4 Å². The van der Waals surface area contributed by atoms with Gasteiger partial charge < -0.3 is 14.6 Å². The van der Waals surface area contributed by atoms with Crippen molar-refractivity contribution in [2.24, 2.45) is 0 Å². The first kappa shape index (κ1) is 22.1. The Hall–Kier alpha value is -4.06. The molecule has 2 N–H and O–H groups in total. The highest BCUT2D eigenvalue weighted by atomic mass is 19.1. The van der Waals surface area contributed by atoms with Gasteiger partial charge in [0, 0.05) is 12.3 Å². The molecule has 0 radical (unpaired) electrons. The molecule has 12 heteroatoms. The summed E-state index contributed by atoms with van der Waals surface area (Å²) >= 11 is 0. The molecule has 1 aliphatic rings. The highest BCUT2D eigenvalue weighted by Gasteiger charge is 2.27. The van der Waals surface area contributed by atoms with Gasteiger partial charge in [-0.05, 0) is 42.7 Å². The van der Waals surface area contributed by atoms with Gasteiger partial charge >= 0.3 is 11.8 Å². The number of nitrogens with one attached hydrogen (secondary N) is 1. The molecule has 3 aromatic rings. The normalized spacial score (nSPS) is 13.0. The number of amides is 1. The number of methoxy groups -OCH3 is 1. The smallest absolute Gasteiger partial charge is 0.410 e. The third kappa shape index (κ3) is 5.06. The molecule has 0 spiro atoms. The number of nitro benzene ring substituents is 1. The van der Waals surface area contributed by atoms with Gasteiger partial charge in [-0.1, -0.05) is 0 Å². The predicted molar refractivity (Wildman–Crippen MR) is 113 cm³/mol. The van der Waals surface area contributed by atoms with Crippen LogP contribution >= 0.6 is 0 Å². The zero-order chi connectivity index (χ0) is 23.5. The van der Waals surface area contributed by atoms with E-state index in [2.05, 4.69) is 10.1 Å². The summed E-state index contributed by atoms with van der Waals surface area (Å²) in [5, 5.41) is 27.0. The number of anilines is 1. The number of ether oxygens (including phenoxy) is 2. The van der Waals surface area contributed by atoms with Crippen molar-refractivity contribution >= 4 is 17.6 Å². The molecule has 1 fully saturated rings. The first-order valence-corrected chi connectivity index (χ1v) is 9.99. The number of carbonyl (C=O) groups is 1. The van der Waals surface area contributed by atoms with E-state index in [4.69, 9.17) is 14.6 Å². The molecule has 0 aliphatic heterocycles. The number of hydrogen-bond donors (Lipinski definition) is 2. The van der Waals surface area contributed by atoms with Crippen LogP contribution in [0.2, 0.25) is 0 Å². The molecule has 2 heterocycles. The predicted octanol–water partition coefficient (Wildman–Crippen LogP) is 4.14. The maximum absolute atomic E-state index is 14.0. The van der Waals surface area contributed by atoms with E-state index < -0.39 is 16.8 Å². The number of rotatable bonds is 9. The van der Waals surface area contributed by atoms with Crippen molar-refractivity contribution in [3.63, 3.8) is 0 Å². The molecular formula is C21H20FN5O6. The van der Waals surface area contributed by atoms with Crippen LogP contribution in [0.1, 0.15) is 30.1 Å². The van der Waals surface area contributed by atoms with Gasteiger partial charge in [0.1, 0.15) is 17.3 Å². The van der Waals surface area contributed by atoms with E-state index in [-0.39, 0.29) is 36.2 Å². The lowest BCUT2D eigenvalue weighted by Gasteiger charge is -2.11. The van der Waals surface area contributed by atoms with E-state index in [0.29, 0.717) is 22.9 Å². The average molecular weight is 457 g/mol. The van der Waals surface area contributed by atoms with Crippen LogP contribution in [0.15, 0.2) is 36.5 Å². The number of pyridine rings is 1. The second kappa shape index (κ2) is 9.20. The molecule has 1 aromatic carbocycles. The minimum Gasteiger partial charge on any atom is -0.490 e. The maximum atomic E-state index is 14.0. The summed E-state index contributed by atoms with van der Waals surface area (Å²) in [6.45, 7) is -0.356. The number of nitrogens with zero attached hydrogens (tertiary/aromatic N) is 4. The second-order valence-electron chi connectivity index (χ2n) is 7.41. The zero-order valence-electron chi connectivity index (χ0n) is 17.5. The Kier molecular flexibility index (Phi) is 6.18. The van der Waals surface area contributed by atoms with Crippen molar-refractivity contribution in [1.29, 1.82) is 0 Å². The van der Waals surface area contributed by atoms with Gasteiger partial charge in [-0.3, -0.25) is 20.1 Å². The van der Waals surface area contributed by atoms with Gasteiger partial charge in [-0.2, -0.15) is 5.10 Å². The molecule has 4 rings (SSSR count). The van der Waals surface area contributed by atoms with Crippen LogP contribution in [0.25, 0.3) is 11.3 Å². The van der Waals surface area contributed by atoms with E-state index in [9.17, 15) is 19.3 Å². The summed E-state index contributed by atoms with van der Waals surface area (Å²) in [5.41, 5.74) is 1.09. The number of hydrogen-bond acceptors (Lipinski definition) is 7. The van der Waals surface area contributed by atoms with Gasteiger partial charge in [0.15, 0.2) is 0 Å². The number of halogens is 1. The Bertz CT molecular complexity index is 1210. The van der Waals surface area contributed by atoms with Crippen molar-refractivity contribution in [3.8, 4) is 17.0 Å². The van der Waals surface area contributed by atoms with E-state index in [1.807, 2.05) is 16.2 Å². The quantitative estimate of drug-likeness (QED) is 0.361. The van der Waals surface area contributed by atoms with E-state index in [0.717, 1.165) is 18.9 Å². The molecule has 2 aromatic heterocycles. The van der Waals surface area contributed by atoms with Gasteiger partial charge in [0.05, 0.1) is 42.5 Å². The summed E-state index contributed by atoms with van der Waals surface area (Å²) < 4.78 is 26.7. The minimum absolute atomic E-state index is 0.0453. The minimum atomic E-state index is -1.33. The summed E-state index contributed by atoms with van der Waals surface area (Å²) in [6.07, 6.45) is 2.58. The van der Waals surface area contributed by atoms with E-state index >= 15 is 0 Å². The maximum Gasteiger partial charge on any atom is 0.410 e. The summed E-state index contributed by atoms with van der Waals surface area (Å²) in [6, 6.07) is 7.38. The molecule has 11 nitrogen and oxygen atoms in total. The SMILES string of the molecule is COc1c(-c2ccn(C3CC3)n2)cc(COCc2nc(NC(=O)O)ccc2F)cc1[N+](=O)[O-]. The third-order valence-electron chi connectivity index (χ3n) is 5.00. The van der Waals surface area contributed by atoms with Crippen molar-refractivity contribution in [3.05, 3.63) is 63.7 Å². The third-order valence-corrected chi connectivity index (χ3v) is 5.00. The fraction of sp³-hybridized carbons (Fsp3) is 0.286. The molecule has 0 saturated heterocycles. The van der Waals surface area contributed by atoms with Crippen molar-refractivity contribution in [2.45, 2.75) is 32.1 Å². The van der Waals surface area contributed by atoms with E-state index in [1.165, 1.54) is 19.2 Å². The van der Waals surface area contributed by atoms with Crippen LogP contribution in [0.4, 0.5) is 20.7 Å². The Morgan fingerprint density at radius 2 is 2.12 bits per heavy atom. The van der Waals surface area contributed by atoms with Crippen LogP contribution in [0.5, 0.6) is 5.75 Å². The molecule has 1 aliphatic carbocycles. The molecule has 172 valence electrons. The molecular weight excluding hydrogens is 437 g/mol. The standard InChI is InChI=1S/C21H20FN5O6/c1-32-20-14(16-6-7-26(25-16)13-2-3-13)8-12(9-18(20)27(30)31)10-33-11-17-15(22)4-5-19(23-17)24-21(28)29/h4-9,13H,2-3,10-11H2,1H3,(H,23,24)(H,28,29).